The van der Waals surface area contributed by atoms with Crippen molar-refractivity contribution in [3.63, 3.8) is 0 Å². The number of para-hydroxylation sites is 1. The fraction of sp³-hybridized carbons (Fsp3) is 0.429. The molecule has 1 aromatic carbocycles. The molecule has 3 nitrogen and oxygen atoms in total. The van der Waals surface area contributed by atoms with Crippen LogP contribution in [0.4, 0.5) is 5.69 Å². The summed E-state index contributed by atoms with van der Waals surface area (Å²) >= 11 is 0. The summed E-state index contributed by atoms with van der Waals surface area (Å²) in [6, 6.07) is 5.88. The minimum absolute atomic E-state index is 0.0704. The second kappa shape index (κ2) is 4.32. The molecule has 0 radical (unpaired) electrons. The number of rotatable bonds is 2. The van der Waals surface area contributed by atoms with Gasteiger partial charge in [0.25, 0.3) is 0 Å². The molecule has 1 heterocycles. The molecule has 2 rings (SSSR count). The third-order valence-corrected chi connectivity index (χ3v) is 3.30. The van der Waals surface area contributed by atoms with Crippen LogP contribution in [0, 0.1) is 12.8 Å². The topological polar surface area (TPSA) is 37.4 Å². The molecular formula is C14H17NO2. The molecule has 1 aliphatic heterocycles. The summed E-state index contributed by atoms with van der Waals surface area (Å²) in [5.41, 5.74) is 2.84. The van der Waals surface area contributed by atoms with Crippen LogP contribution in [0.5, 0.6) is 0 Å². The lowest BCUT2D eigenvalue weighted by Crippen LogP contribution is -2.31. The van der Waals surface area contributed by atoms with Crippen LogP contribution in [0.25, 0.3) is 0 Å². The van der Waals surface area contributed by atoms with E-state index in [2.05, 4.69) is 0 Å². The zero-order valence-corrected chi connectivity index (χ0v) is 10.5. The maximum Gasteiger partial charge on any atom is 0.237 e. The Morgan fingerprint density at radius 2 is 2.06 bits per heavy atom. The number of nitrogens with zero attached hydrogens (tertiary/aromatic N) is 1. The summed E-state index contributed by atoms with van der Waals surface area (Å²) in [7, 11) is 0. The van der Waals surface area contributed by atoms with Gasteiger partial charge >= 0.3 is 0 Å². The van der Waals surface area contributed by atoms with Crippen molar-refractivity contribution >= 4 is 17.5 Å². The Bertz CT molecular complexity index is 479. The fourth-order valence-electron chi connectivity index (χ4n) is 2.34. The second-order valence-electron chi connectivity index (χ2n) is 4.61. The van der Waals surface area contributed by atoms with Crippen LogP contribution in [0.1, 0.15) is 31.4 Å². The predicted molar refractivity (Wildman–Crippen MR) is 66.8 cm³/mol. The zero-order valence-electron chi connectivity index (χ0n) is 10.5. The molecule has 0 aliphatic carbocycles. The van der Waals surface area contributed by atoms with E-state index in [9.17, 15) is 9.59 Å². The van der Waals surface area contributed by atoms with Gasteiger partial charge in [-0.15, -0.1) is 0 Å². The van der Waals surface area contributed by atoms with E-state index < -0.39 is 0 Å². The maximum absolute atomic E-state index is 12.0. The van der Waals surface area contributed by atoms with Crippen molar-refractivity contribution in [2.75, 3.05) is 4.90 Å². The van der Waals surface area contributed by atoms with Crippen LogP contribution in [-0.2, 0) is 16.0 Å². The van der Waals surface area contributed by atoms with E-state index in [0.717, 1.165) is 23.2 Å². The lowest BCUT2D eigenvalue weighted by Gasteiger charge is -2.20. The highest BCUT2D eigenvalue weighted by Crippen LogP contribution is 2.32. The van der Waals surface area contributed by atoms with Gasteiger partial charge in [0, 0.05) is 12.3 Å². The summed E-state index contributed by atoms with van der Waals surface area (Å²) in [6.45, 7) is 5.79. The molecule has 1 saturated heterocycles. The van der Waals surface area contributed by atoms with Gasteiger partial charge in [-0.2, -0.15) is 0 Å². The number of imide groups is 1. The van der Waals surface area contributed by atoms with Gasteiger partial charge in [0.05, 0.1) is 5.69 Å². The highest BCUT2D eigenvalue weighted by molar-refractivity contribution is 6.21. The molecule has 0 saturated carbocycles. The number of aryl methyl sites for hydroxylation is 2. The van der Waals surface area contributed by atoms with Crippen molar-refractivity contribution in [3.05, 3.63) is 29.3 Å². The summed E-state index contributed by atoms with van der Waals surface area (Å²) in [5.74, 6) is -0.336. The molecule has 90 valence electrons. The van der Waals surface area contributed by atoms with Crippen molar-refractivity contribution in [3.8, 4) is 0 Å². The van der Waals surface area contributed by atoms with Crippen molar-refractivity contribution in [1.29, 1.82) is 0 Å². The lowest BCUT2D eigenvalue weighted by atomic mass is 10.0. The highest BCUT2D eigenvalue weighted by Gasteiger charge is 2.37. The van der Waals surface area contributed by atoms with Crippen LogP contribution in [0.3, 0.4) is 0 Å². The number of benzene rings is 1. The Hall–Kier alpha value is -1.64. The molecule has 0 spiro atoms. The molecule has 1 aromatic rings. The Labute approximate surface area is 101 Å². The average Bonchev–Trinajstić information content (AvgIpc) is 2.54. The van der Waals surface area contributed by atoms with Gasteiger partial charge in [-0.05, 0) is 24.5 Å². The van der Waals surface area contributed by atoms with Gasteiger partial charge in [0.1, 0.15) is 0 Å². The zero-order chi connectivity index (χ0) is 12.6. The number of hydrogen-bond donors (Lipinski definition) is 0. The largest absolute Gasteiger partial charge is 0.274 e. The van der Waals surface area contributed by atoms with E-state index in [1.54, 1.807) is 0 Å². The highest BCUT2D eigenvalue weighted by atomic mass is 16.2. The van der Waals surface area contributed by atoms with Crippen LogP contribution >= 0.6 is 0 Å². The number of amides is 2. The molecular weight excluding hydrogens is 214 g/mol. The molecule has 1 atom stereocenters. The van der Waals surface area contributed by atoms with Crippen molar-refractivity contribution in [1.82, 2.24) is 0 Å². The van der Waals surface area contributed by atoms with Gasteiger partial charge in [-0.25, -0.2) is 4.90 Å². The molecule has 0 aromatic heterocycles. The molecule has 2 amide bonds. The molecule has 3 heteroatoms. The first-order valence-corrected chi connectivity index (χ1v) is 6.01. The second-order valence-corrected chi connectivity index (χ2v) is 4.61. The molecule has 1 aliphatic rings. The number of anilines is 1. The van der Waals surface area contributed by atoms with E-state index in [0.29, 0.717) is 6.42 Å². The molecule has 0 bridgehead atoms. The number of hydrogen-bond acceptors (Lipinski definition) is 2. The summed E-state index contributed by atoms with van der Waals surface area (Å²) in [4.78, 5) is 25.3. The summed E-state index contributed by atoms with van der Waals surface area (Å²) in [6.07, 6.45) is 1.15. The smallest absolute Gasteiger partial charge is 0.237 e. The summed E-state index contributed by atoms with van der Waals surface area (Å²) < 4.78 is 0. The Morgan fingerprint density at radius 3 is 2.59 bits per heavy atom. The predicted octanol–water partition coefficient (Wildman–Crippen LogP) is 2.46. The first kappa shape index (κ1) is 11.8. The van der Waals surface area contributed by atoms with E-state index in [1.165, 1.54) is 4.90 Å². The summed E-state index contributed by atoms with van der Waals surface area (Å²) in [5, 5.41) is 0. The van der Waals surface area contributed by atoms with Crippen molar-refractivity contribution < 1.29 is 9.59 Å². The van der Waals surface area contributed by atoms with Crippen LogP contribution in [0.2, 0.25) is 0 Å². The quantitative estimate of drug-likeness (QED) is 0.733. The third-order valence-electron chi connectivity index (χ3n) is 3.30. The lowest BCUT2D eigenvalue weighted by molar-refractivity contribution is -0.122. The first-order valence-electron chi connectivity index (χ1n) is 6.01. The number of carbonyl (C=O) groups excluding carboxylic acids is 2. The van der Waals surface area contributed by atoms with Gasteiger partial charge in [-0.3, -0.25) is 9.59 Å². The minimum atomic E-state index is -0.188. The Morgan fingerprint density at radius 1 is 1.35 bits per heavy atom. The fourth-order valence-corrected chi connectivity index (χ4v) is 2.34. The average molecular weight is 231 g/mol. The van der Waals surface area contributed by atoms with Crippen molar-refractivity contribution in [2.24, 2.45) is 5.92 Å². The van der Waals surface area contributed by atoms with E-state index in [1.807, 2.05) is 39.0 Å². The van der Waals surface area contributed by atoms with E-state index in [-0.39, 0.29) is 17.7 Å². The Kier molecular flexibility index (Phi) is 3.01. The number of carbonyl (C=O) groups is 2. The van der Waals surface area contributed by atoms with Crippen LogP contribution in [-0.4, -0.2) is 11.8 Å². The van der Waals surface area contributed by atoms with E-state index in [4.69, 9.17) is 0 Å². The van der Waals surface area contributed by atoms with Crippen LogP contribution < -0.4 is 4.90 Å². The molecule has 0 N–H and O–H groups in total. The Balaban J connectivity index is 2.54. The van der Waals surface area contributed by atoms with Gasteiger partial charge in [-0.1, -0.05) is 32.0 Å². The normalized spacial score (nSPS) is 20.2. The van der Waals surface area contributed by atoms with Gasteiger partial charge < -0.3 is 0 Å². The third kappa shape index (κ3) is 1.86. The first-order chi connectivity index (χ1) is 8.06. The minimum Gasteiger partial charge on any atom is -0.274 e. The SMILES string of the molecule is CCc1cccc(C)c1N1C(=O)CC(C)C1=O. The van der Waals surface area contributed by atoms with Gasteiger partial charge in [0.2, 0.25) is 11.8 Å². The van der Waals surface area contributed by atoms with E-state index >= 15 is 0 Å². The molecule has 17 heavy (non-hydrogen) atoms. The standard InChI is InChI=1S/C14H17NO2/c1-4-11-7-5-6-9(2)13(11)15-12(16)8-10(3)14(15)17/h5-7,10H,4,8H2,1-3H3. The van der Waals surface area contributed by atoms with Crippen molar-refractivity contribution in [2.45, 2.75) is 33.6 Å². The van der Waals surface area contributed by atoms with Crippen LogP contribution in [0.15, 0.2) is 18.2 Å². The van der Waals surface area contributed by atoms with Gasteiger partial charge in [0.15, 0.2) is 0 Å². The molecule has 1 unspecified atom stereocenters. The maximum atomic E-state index is 12.0. The monoisotopic (exact) mass is 231 g/mol. The molecule has 1 fully saturated rings.